The van der Waals surface area contributed by atoms with Gasteiger partial charge in [-0.2, -0.15) is 0 Å². The summed E-state index contributed by atoms with van der Waals surface area (Å²) in [4.78, 5) is 33.5. The van der Waals surface area contributed by atoms with Crippen molar-refractivity contribution in [3.8, 4) is 0 Å². The van der Waals surface area contributed by atoms with E-state index in [0.29, 0.717) is 5.56 Å². The summed E-state index contributed by atoms with van der Waals surface area (Å²) in [5.74, 6) is -1.07. The zero-order valence-electron chi connectivity index (χ0n) is 12.2. The number of non-ortho nitro benzene ring substituents is 1. The lowest BCUT2D eigenvalue weighted by atomic mass is 10.0. The summed E-state index contributed by atoms with van der Waals surface area (Å²) < 4.78 is 4.67. The highest BCUT2D eigenvalue weighted by atomic mass is 16.6. The number of nitrogens with one attached hydrogen (secondary N) is 1. The smallest absolute Gasteiger partial charge is 0.328 e. The number of nitro benzene ring substituents is 1. The Kier molecular flexibility index (Phi) is 5.83. The number of ether oxygens (including phenoxy) is 1. The predicted molar refractivity (Wildman–Crippen MR) is 75.6 cm³/mol. The van der Waals surface area contributed by atoms with Crippen LogP contribution in [0.1, 0.15) is 19.4 Å². The monoisotopic (exact) mass is 294 g/mol. The molecule has 0 fully saturated rings. The Morgan fingerprint density at radius 3 is 2.29 bits per heavy atom. The fraction of sp³-hybridized carbons (Fsp3) is 0.429. The minimum absolute atomic E-state index is 0.0282. The highest BCUT2D eigenvalue weighted by molar-refractivity contribution is 5.85. The van der Waals surface area contributed by atoms with E-state index in [4.69, 9.17) is 0 Å². The fourth-order valence-electron chi connectivity index (χ4n) is 1.66. The van der Waals surface area contributed by atoms with Gasteiger partial charge in [0.05, 0.1) is 12.0 Å². The highest BCUT2D eigenvalue weighted by Gasteiger charge is 2.23. The van der Waals surface area contributed by atoms with Crippen molar-refractivity contribution in [1.82, 2.24) is 5.32 Å². The largest absolute Gasteiger partial charge is 0.467 e. The number of carbonyl (C=O) groups excluding carboxylic acids is 2. The number of esters is 1. The third-order valence-electron chi connectivity index (χ3n) is 2.91. The molecule has 21 heavy (non-hydrogen) atoms. The number of hydrogen-bond donors (Lipinski definition) is 1. The van der Waals surface area contributed by atoms with Crippen molar-refractivity contribution in [2.24, 2.45) is 5.92 Å². The summed E-state index contributed by atoms with van der Waals surface area (Å²) in [5, 5.41) is 13.2. The van der Waals surface area contributed by atoms with Gasteiger partial charge in [0.15, 0.2) is 0 Å². The maximum atomic E-state index is 11.7. The number of nitro groups is 1. The minimum Gasteiger partial charge on any atom is -0.467 e. The Bertz CT molecular complexity index is 525. The molecule has 1 unspecified atom stereocenters. The Hall–Kier alpha value is -2.44. The summed E-state index contributed by atoms with van der Waals surface area (Å²) in [6.07, 6.45) is 0.211. The number of carbonyl (C=O) groups is 2. The fourth-order valence-corrected chi connectivity index (χ4v) is 1.66. The van der Waals surface area contributed by atoms with Gasteiger partial charge < -0.3 is 10.1 Å². The standard InChI is InChI=1S/C14H18N2O5/c1-9(2)13(17)15-12(14(18)21-3)8-10-4-6-11(7-5-10)16(19)20/h4-7,9,12H,8H2,1-3H3,(H,15,17). The van der Waals surface area contributed by atoms with Crippen LogP contribution in [0.15, 0.2) is 24.3 Å². The molecule has 1 atom stereocenters. The molecule has 1 N–H and O–H groups in total. The summed E-state index contributed by atoms with van der Waals surface area (Å²) in [5.41, 5.74) is 0.666. The third kappa shape index (κ3) is 4.87. The van der Waals surface area contributed by atoms with Crippen LogP contribution in [0, 0.1) is 16.0 Å². The van der Waals surface area contributed by atoms with Gasteiger partial charge in [0.1, 0.15) is 6.04 Å². The minimum atomic E-state index is -0.814. The molecule has 0 aliphatic rings. The molecule has 7 heteroatoms. The van der Waals surface area contributed by atoms with E-state index in [9.17, 15) is 19.7 Å². The van der Waals surface area contributed by atoms with Crippen LogP contribution in [0.2, 0.25) is 0 Å². The van der Waals surface area contributed by atoms with E-state index >= 15 is 0 Å². The predicted octanol–water partition coefficient (Wildman–Crippen LogP) is 1.45. The number of rotatable bonds is 6. The van der Waals surface area contributed by atoms with Crippen molar-refractivity contribution in [3.63, 3.8) is 0 Å². The van der Waals surface area contributed by atoms with E-state index in [2.05, 4.69) is 10.1 Å². The lowest BCUT2D eigenvalue weighted by Gasteiger charge is -2.17. The molecule has 1 rings (SSSR count). The molecule has 0 aliphatic heterocycles. The van der Waals surface area contributed by atoms with Crippen LogP contribution in [0.4, 0.5) is 5.69 Å². The average molecular weight is 294 g/mol. The Morgan fingerprint density at radius 1 is 1.29 bits per heavy atom. The molecule has 0 radical (unpaired) electrons. The van der Waals surface area contributed by atoms with Crippen molar-refractivity contribution < 1.29 is 19.2 Å². The first-order valence-electron chi connectivity index (χ1n) is 6.46. The van der Waals surface area contributed by atoms with Gasteiger partial charge in [0, 0.05) is 24.5 Å². The van der Waals surface area contributed by atoms with Crippen LogP contribution in [0.3, 0.4) is 0 Å². The zero-order chi connectivity index (χ0) is 16.0. The molecule has 0 saturated carbocycles. The van der Waals surface area contributed by atoms with Gasteiger partial charge >= 0.3 is 5.97 Å². The van der Waals surface area contributed by atoms with Crippen LogP contribution < -0.4 is 5.32 Å². The van der Waals surface area contributed by atoms with Gasteiger partial charge in [-0.15, -0.1) is 0 Å². The Balaban J connectivity index is 2.83. The molecule has 1 aromatic carbocycles. The van der Waals surface area contributed by atoms with Gasteiger partial charge in [-0.1, -0.05) is 26.0 Å². The number of benzene rings is 1. The molecule has 0 heterocycles. The van der Waals surface area contributed by atoms with Gasteiger partial charge in [0.2, 0.25) is 5.91 Å². The zero-order valence-corrected chi connectivity index (χ0v) is 12.2. The molecule has 7 nitrogen and oxygen atoms in total. The molecule has 1 amide bonds. The first kappa shape index (κ1) is 16.6. The maximum Gasteiger partial charge on any atom is 0.328 e. The first-order valence-corrected chi connectivity index (χ1v) is 6.46. The Morgan fingerprint density at radius 2 is 1.86 bits per heavy atom. The van der Waals surface area contributed by atoms with Gasteiger partial charge in [-0.25, -0.2) is 4.79 Å². The Labute approximate surface area is 122 Å². The summed E-state index contributed by atoms with van der Waals surface area (Å²) in [7, 11) is 1.24. The molecular formula is C14H18N2O5. The van der Waals surface area contributed by atoms with Gasteiger partial charge in [-0.3, -0.25) is 14.9 Å². The second-order valence-electron chi connectivity index (χ2n) is 4.87. The van der Waals surface area contributed by atoms with Crippen LogP contribution in [0.25, 0.3) is 0 Å². The summed E-state index contributed by atoms with van der Waals surface area (Å²) in [6, 6.07) is 5.00. The van der Waals surface area contributed by atoms with E-state index in [0.717, 1.165) is 0 Å². The lowest BCUT2D eigenvalue weighted by molar-refractivity contribution is -0.384. The van der Waals surface area contributed by atoms with Crippen LogP contribution >= 0.6 is 0 Å². The van der Waals surface area contributed by atoms with Crippen LogP contribution in [0.5, 0.6) is 0 Å². The number of amides is 1. The number of hydrogen-bond acceptors (Lipinski definition) is 5. The maximum absolute atomic E-state index is 11.7. The molecule has 0 saturated heterocycles. The molecular weight excluding hydrogens is 276 g/mol. The van der Waals surface area contributed by atoms with Crippen LogP contribution in [-0.4, -0.2) is 30.0 Å². The second-order valence-corrected chi connectivity index (χ2v) is 4.87. The highest BCUT2D eigenvalue weighted by Crippen LogP contribution is 2.13. The SMILES string of the molecule is COC(=O)C(Cc1ccc([N+](=O)[O-])cc1)NC(=O)C(C)C. The molecule has 114 valence electrons. The van der Waals surface area contributed by atoms with Crippen molar-refractivity contribution in [2.75, 3.05) is 7.11 Å². The van der Waals surface area contributed by atoms with Crippen molar-refractivity contribution in [2.45, 2.75) is 26.3 Å². The van der Waals surface area contributed by atoms with E-state index in [1.807, 2.05) is 0 Å². The third-order valence-corrected chi connectivity index (χ3v) is 2.91. The normalized spacial score (nSPS) is 11.8. The summed E-state index contributed by atoms with van der Waals surface area (Å²) >= 11 is 0. The van der Waals surface area contributed by atoms with Crippen molar-refractivity contribution in [3.05, 3.63) is 39.9 Å². The number of methoxy groups -OCH3 is 1. The van der Waals surface area contributed by atoms with E-state index in [1.165, 1.54) is 19.2 Å². The molecule has 0 aromatic heterocycles. The van der Waals surface area contributed by atoms with E-state index in [1.54, 1.807) is 26.0 Å². The topological polar surface area (TPSA) is 98.5 Å². The second kappa shape index (κ2) is 7.37. The van der Waals surface area contributed by atoms with Crippen molar-refractivity contribution in [1.29, 1.82) is 0 Å². The average Bonchev–Trinajstić information content (AvgIpc) is 2.45. The lowest BCUT2D eigenvalue weighted by Crippen LogP contribution is -2.44. The molecule has 0 spiro atoms. The van der Waals surface area contributed by atoms with Crippen molar-refractivity contribution >= 4 is 17.6 Å². The van der Waals surface area contributed by atoms with Crippen LogP contribution in [-0.2, 0) is 20.7 Å². The molecule has 1 aromatic rings. The first-order chi connectivity index (χ1) is 9.85. The quantitative estimate of drug-likeness (QED) is 0.486. The van der Waals surface area contributed by atoms with E-state index < -0.39 is 16.9 Å². The number of nitrogens with zero attached hydrogens (tertiary/aromatic N) is 1. The van der Waals surface area contributed by atoms with E-state index in [-0.39, 0.29) is 23.9 Å². The van der Waals surface area contributed by atoms with Gasteiger partial charge in [-0.05, 0) is 5.56 Å². The summed E-state index contributed by atoms with van der Waals surface area (Å²) in [6.45, 7) is 3.44. The van der Waals surface area contributed by atoms with Gasteiger partial charge in [0.25, 0.3) is 5.69 Å². The molecule has 0 aliphatic carbocycles. The molecule has 0 bridgehead atoms.